The topological polar surface area (TPSA) is 26.3 Å². The molecule has 0 saturated heterocycles. The van der Waals surface area contributed by atoms with Gasteiger partial charge in [0.2, 0.25) is 0 Å². The van der Waals surface area contributed by atoms with Gasteiger partial charge in [-0.05, 0) is 18.4 Å². The molecule has 0 heterocycles. The first-order valence-corrected chi connectivity index (χ1v) is 6.07. The predicted octanol–water partition coefficient (Wildman–Crippen LogP) is 3.35. The van der Waals surface area contributed by atoms with Crippen LogP contribution in [-0.4, -0.2) is 17.8 Å². The summed E-state index contributed by atoms with van der Waals surface area (Å²) >= 11 is 0. The van der Waals surface area contributed by atoms with Gasteiger partial charge in [0.25, 0.3) is 5.92 Å². The molecule has 2 rings (SSSR count). The van der Waals surface area contributed by atoms with Gasteiger partial charge in [-0.25, -0.2) is 8.78 Å². The van der Waals surface area contributed by atoms with E-state index in [0.29, 0.717) is 19.1 Å². The van der Waals surface area contributed by atoms with Crippen LogP contribution < -0.4 is 0 Å². The molecule has 4 heteroatoms. The Hall–Kier alpha value is -1.29. The molecule has 18 heavy (non-hydrogen) atoms. The summed E-state index contributed by atoms with van der Waals surface area (Å²) in [6.07, 6.45) is 0.579. The highest BCUT2D eigenvalue weighted by atomic mass is 19.3. The van der Waals surface area contributed by atoms with Gasteiger partial charge in [0, 0.05) is 12.8 Å². The highest BCUT2D eigenvalue weighted by Crippen LogP contribution is 2.40. The Morgan fingerprint density at radius 3 is 2.56 bits per heavy atom. The fraction of sp³-hybridized carbons (Fsp3) is 0.500. The minimum absolute atomic E-state index is 0.155. The lowest BCUT2D eigenvalue weighted by Gasteiger charge is -2.36. The van der Waals surface area contributed by atoms with Gasteiger partial charge in [0.15, 0.2) is 6.29 Å². The molecule has 1 aromatic rings. The van der Waals surface area contributed by atoms with Crippen LogP contribution in [0.4, 0.5) is 8.78 Å². The third-order valence-corrected chi connectivity index (χ3v) is 3.28. The normalized spacial score (nSPS) is 26.8. The Balaban J connectivity index is 2.02. The number of ether oxygens (including phenoxy) is 1. The Morgan fingerprint density at radius 1 is 1.22 bits per heavy atom. The van der Waals surface area contributed by atoms with Crippen molar-refractivity contribution in [2.75, 3.05) is 0 Å². The summed E-state index contributed by atoms with van der Waals surface area (Å²) in [5.41, 5.74) is -0.440. The van der Waals surface area contributed by atoms with Crippen LogP contribution in [0.3, 0.4) is 0 Å². The quantitative estimate of drug-likeness (QED) is 0.770. The molecule has 0 amide bonds. The summed E-state index contributed by atoms with van der Waals surface area (Å²) in [5.74, 6) is -2.80. The number of carbonyl (C=O) groups is 1. The first-order valence-electron chi connectivity index (χ1n) is 6.07. The monoisotopic (exact) mass is 254 g/mol. The second-order valence-corrected chi connectivity index (χ2v) is 4.84. The van der Waals surface area contributed by atoms with Crippen LogP contribution in [0.25, 0.3) is 0 Å². The van der Waals surface area contributed by atoms with Gasteiger partial charge in [0.05, 0.1) is 6.61 Å². The molecule has 2 nitrogen and oxygen atoms in total. The lowest BCUT2D eigenvalue weighted by molar-refractivity contribution is -0.165. The molecule has 1 aromatic carbocycles. The number of halogens is 2. The number of hydrogen-bond acceptors (Lipinski definition) is 2. The molecule has 1 aliphatic rings. The number of benzene rings is 1. The van der Waals surface area contributed by atoms with Crippen LogP contribution in [0.2, 0.25) is 0 Å². The summed E-state index contributed by atoms with van der Waals surface area (Å²) in [6.45, 7) is 0.190. The zero-order valence-electron chi connectivity index (χ0n) is 10.1. The highest BCUT2D eigenvalue weighted by molar-refractivity contribution is 5.63. The smallest absolute Gasteiger partial charge is 0.251 e. The van der Waals surface area contributed by atoms with Gasteiger partial charge in [-0.3, -0.25) is 0 Å². The molecule has 0 aliphatic heterocycles. The SMILES string of the molecule is O=CC1(OCc2ccccc2)CCCC(F)(F)C1. The van der Waals surface area contributed by atoms with Crippen LogP contribution in [0.15, 0.2) is 30.3 Å². The maximum absolute atomic E-state index is 13.4. The van der Waals surface area contributed by atoms with Gasteiger partial charge in [0.1, 0.15) is 5.60 Å². The van der Waals surface area contributed by atoms with E-state index < -0.39 is 17.9 Å². The van der Waals surface area contributed by atoms with Gasteiger partial charge in [-0.15, -0.1) is 0 Å². The zero-order valence-corrected chi connectivity index (χ0v) is 10.1. The first-order chi connectivity index (χ1) is 8.55. The Labute approximate surface area is 105 Å². The van der Waals surface area contributed by atoms with E-state index in [4.69, 9.17) is 4.74 Å². The molecule has 1 fully saturated rings. The van der Waals surface area contributed by atoms with Gasteiger partial charge in [-0.2, -0.15) is 0 Å². The van der Waals surface area contributed by atoms with Crippen LogP contribution in [0.5, 0.6) is 0 Å². The number of alkyl halides is 2. The van der Waals surface area contributed by atoms with Crippen molar-refractivity contribution in [2.45, 2.75) is 43.8 Å². The van der Waals surface area contributed by atoms with E-state index in [-0.39, 0.29) is 13.0 Å². The summed E-state index contributed by atoms with van der Waals surface area (Å²) < 4.78 is 32.2. The van der Waals surface area contributed by atoms with E-state index in [2.05, 4.69) is 0 Å². The molecular weight excluding hydrogens is 238 g/mol. The molecular formula is C14H16F2O2. The molecule has 0 aromatic heterocycles. The largest absolute Gasteiger partial charge is 0.363 e. The van der Waals surface area contributed by atoms with Crippen LogP contribution in [-0.2, 0) is 16.1 Å². The predicted molar refractivity (Wildman–Crippen MR) is 63.4 cm³/mol. The third-order valence-electron chi connectivity index (χ3n) is 3.28. The van der Waals surface area contributed by atoms with Gasteiger partial charge >= 0.3 is 0 Å². The van der Waals surface area contributed by atoms with Crippen molar-refractivity contribution in [2.24, 2.45) is 0 Å². The maximum Gasteiger partial charge on any atom is 0.251 e. The second kappa shape index (κ2) is 5.14. The molecule has 0 spiro atoms. The Morgan fingerprint density at radius 2 is 1.94 bits per heavy atom. The van der Waals surface area contributed by atoms with E-state index in [1.807, 2.05) is 30.3 Å². The van der Waals surface area contributed by atoms with Crippen molar-refractivity contribution < 1.29 is 18.3 Å². The maximum atomic E-state index is 13.4. The molecule has 1 unspecified atom stereocenters. The van der Waals surface area contributed by atoms with Crippen molar-refractivity contribution in [3.05, 3.63) is 35.9 Å². The summed E-state index contributed by atoms with van der Waals surface area (Å²) in [6, 6.07) is 9.26. The van der Waals surface area contributed by atoms with Crippen molar-refractivity contribution in [1.29, 1.82) is 0 Å². The van der Waals surface area contributed by atoms with E-state index in [1.165, 1.54) is 0 Å². The molecule has 1 saturated carbocycles. The average molecular weight is 254 g/mol. The minimum atomic E-state index is -2.80. The summed E-state index contributed by atoms with van der Waals surface area (Å²) in [5, 5.41) is 0. The Kier molecular flexibility index (Phi) is 3.76. The standard InChI is InChI=1S/C14H16F2O2/c15-14(16)8-4-7-13(10-14,11-17)18-9-12-5-2-1-3-6-12/h1-3,5-6,11H,4,7-10H2. The number of aldehydes is 1. The number of hydrogen-bond donors (Lipinski definition) is 0. The fourth-order valence-electron chi connectivity index (χ4n) is 2.32. The third kappa shape index (κ3) is 3.13. The van der Waals surface area contributed by atoms with E-state index in [1.54, 1.807) is 0 Å². The van der Waals surface area contributed by atoms with Crippen LogP contribution >= 0.6 is 0 Å². The molecule has 1 atom stereocenters. The number of rotatable bonds is 4. The molecule has 98 valence electrons. The molecule has 1 aliphatic carbocycles. The van der Waals surface area contributed by atoms with E-state index in [9.17, 15) is 13.6 Å². The Bertz CT molecular complexity index is 406. The van der Waals surface area contributed by atoms with Crippen molar-refractivity contribution in [1.82, 2.24) is 0 Å². The first kappa shape index (κ1) is 13.1. The highest BCUT2D eigenvalue weighted by Gasteiger charge is 2.46. The van der Waals surface area contributed by atoms with Gasteiger partial charge in [-0.1, -0.05) is 30.3 Å². The van der Waals surface area contributed by atoms with Gasteiger partial charge < -0.3 is 9.53 Å². The summed E-state index contributed by atoms with van der Waals surface area (Å²) in [4.78, 5) is 11.1. The molecule has 0 radical (unpaired) electrons. The van der Waals surface area contributed by atoms with Crippen LogP contribution in [0.1, 0.15) is 31.2 Å². The summed E-state index contributed by atoms with van der Waals surface area (Å²) in [7, 11) is 0. The van der Waals surface area contributed by atoms with E-state index in [0.717, 1.165) is 5.56 Å². The average Bonchev–Trinajstić information content (AvgIpc) is 2.37. The lowest BCUT2D eigenvalue weighted by atomic mass is 9.83. The van der Waals surface area contributed by atoms with Crippen molar-refractivity contribution >= 4 is 6.29 Å². The second-order valence-electron chi connectivity index (χ2n) is 4.84. The van der Waals surface area contributed by atoms with E-state index >= 15 is 0 Å². The van der Waals surface area contributed by atoms with Crippen molar-refractivity contribution in [3.63, 3.8) is 0 Å². The number of carbonyl (C=O) groups excluding carboxylic acids is 1. The molecule has 0 bridgehead atoms. The molecule has 0 N–H and O–H groups in total. The fourth-order valence-corrected chi connectivity index (χ4v) is 2.32. The zero-order chi connectivity index (χ0) is 13.1. The van der Waals surface area contributed by atoms with Crippen molar-refractivity contribution in [3.8, 4) is 0 Å². The lowest BCUT2D eigenvalue weighted by Crippen LogP contribution is -2.44. The minimum Gasteiger partial charge on any atom is -0.363 e. The van der Waals surface area contributed by atoms with Crippen LogP contribution in [0, 0.1) is 0 Å².